The van der Waals surface area contributed by atoms with Crippen molar-refractivity contribution in [3.05, 3.63) is 53.6 Å². The molecule has 0 atom stereocenters. The summed E-state index contributed by atoms with van der Waals surface area (Å²) in [7, 11) is 0. The zero-order valence-electron chi connectivity index (χ0n) is 10.3. The molecule has 18 heavy (non-hydrogen) atoms. The zero-order chi connectivity index (χ0) is 10.4. The Labute approximate surface area is 139 Å². The molecular weight excluding hydrogens is 342 g/mol. The van der Waals surface area contributed by atoms with Gasteiger partial charge in [0.05, 0.1) is 0 Å². The number of halogens is 2. The van der Waals surface area contributed by atoms with Crippen molar-refractivity contribution in [1.82, 2.24) is 0 Å². The van der Waals surface area contributed by atoms with Gasteiger partial charge in [-0.2, -0.15) is 0 Å². The number of rotatable bonds is 0. The summed E-state index contributed by atoms with van der Waals surface area (Å²) in [5.74, 6) is 0. The van der Waals surface area contributed by atoms with Crippen molar-refractivity contribution >= 4 is 21.5 Å². The van der Waals surface area contributed by atoms with Crippen LogP contribution >= 0.6 is 0 Å². The van der Waals surface area contributed by atoms with Gasteiger partial charge in [0, 0.05) is 0 Å². The van der Waals surface area contributed by atoms with E-state index in [1.54, 1.807) is 0 Å². The van der Waals surface area contributed by atoms with Gasteiger partial charge in [0.15, 0.2) is 0 Å². The van der Waals surface area contributed by atoms with Crippen LogP contribution < -0.4 is 24.8 Å². The van der Waals surface area contributed by atoms with Gasteiger partial charge in [0.2, 0.25) is 0 Å². The third-order valence-corrected chi connectivity index (χ3v) is 3.02. The minimum Gasteiger partial charge on any atom is -1.00 e. The van der Waals surface area contributed by atoms with Crippen molar-refractivity contribution in [1.29, 1.82) is 0 Å². The average Bonchev–Trinajstić information content (AvgIpc) is 2.53. The van der Waals surface area contributed by atoms with E-state index >= 15 is 0 Å². The molecule has 0 nitrogen and oxygen atoms in total. The number of hydrogen-bond acceptors (Lipinski definition) is 0. The second kappa shape index (κ2) is 6.80. The molecule has 0 aliphatic carbocycles. The molecular formula is C15H13Cl2Zr. The topological polar surface area (TPSA) is 0 Å². The smallest absolute Gasteiger partial charge is 1.00 e. The van der Waals surface area contributed by atoms with E-state index in [4.69, 9.17) is 0 Å². The second-order valence-electron chi connectivity index (χ2n) is 4.33. The summed E-state index contributed by atoms with van der Waals surface area (Å²) in [5, 5.41) is 5.46. The van der Waals surface area contributed by atoms with Crippen LogP contribution in [-0.4, -0.2) is 0 Å². The van der Waals surface area contributed by atoms with E-state index in [0.29, 0.717) is 0 Å². The fourth-order valence-corrected chi connectivity index (χ4v) is 2.26. The summed E-state index contributed by atoms with van der Waals surface area (Å²) in [6.07, 6.45) is 0. The molecule has 1 radical (unpaired) electrons. The monoisotopic (exact) mass is 353 g/mol. The van der Waals surface area contributed by atoms with Gasteiger partial charge < -0.3 is 24.8 Å². The van der Waals surface area contributed by atoms with E-state index in [-0.39, 0.29) is 51.0 Å². The van der Waals surface area contributed by atoms with Crippen molar-refractivity contribution in [2.45, 2.75) is 13.8 Å². The summed E-state index contributed by atoms with van der Waals surface area (Å²) in [6.45, 7) is 4.28. The molecule has 0 N–H and O–H groups in total. The Morgan fingerprint density at radius 1 is 0.722 bits per heavy atom. The van der Waals surface area contributed by atoms with Gasteiger partial charge in [0.25, 0.3) is 0 Å². The van der Waals surface area contributed by atoms with Gasteiger partial charge in [-0.3, -0.25) is 0 Å². The number of aryl methyl sites for hydroxylation is 2. The van der Waals surface area contributed by atoms with Crippen LogP contribution in [0.25, 0.3) is 21.5 Å². The molecule has 3 heteroatoms. The van der Waals surface area contributed by atoms with Crippen LogP contribution in [0.4, 0.5) is 0 Å². The van der Waals surface area contributed by atoms with E-state index in [2.05, 4.69) is 56.3 Å². The number of benzene rings is 2. The van der Waals surface area contributed by atoms with E-state index in [0.717, 1.165) is 0 Å². The molecule has 0 saturated heterocycles. The van der Waals surface area contributed by atoms with Crippen LogP contribution in [0.1, 0.15) is 11.1 Å². The molecule has 0 fully saturated rings. The van der Waals surface area contributed by atoms with Gasteiger partial charge in [-0.05, 0) is 13.8 Å². The summed E-state index contributed by atoms with van der Waals surface area (Å²) in [5.41, 5.74) is 2.66. The van der Waals surface area contributed by atoms with Crippen LogP contribution in [0, 0.1) is 13.8 Å². The molecule has 0 heterocycles. The largest absolute Gasteiger partial charge is 3.00 e. The average molecular weight is 355 g/mol. The first kappa shape index (κ1) is 17.8. The summed E-state index contributed by atoms with van der Waals surface area (Å²) in [4.78, 5) is 0. The fourth-order valence-electron chi connectivity index (χ4n) is 2.26. The maximum atomic E-state index is 2.28. The number of fused-ring (bicyclic) bond motifs is 3. The Morgan fingerprint density at radius 2 is 1.11 bits per heavy atom. The van der Waals surface area contributed by atoms with Crippen LogP contribution in [-0.2, 0) is 26.2 Å². The summed E-state index contributed by atoms with van der Waals surface area (Å²) >= 11 is 0. The van der Waals surface area contributed by atoms with Crippen molar-refractivity contribution < 1.29 is 51.0 Å². The van der Waals surface area contributed by atoms with Crippen LogP contribution in [0.15, 0.2) is 42.5 Å². The third kappa shape index (κ3) is 3.02. The van der Waals surface area contributed by atoms with E-state index < -0.39 is 0 Å². The van der Waals surface area contributed by atoms with E-state index in [1.165, 1.54) is 32.7 Å². The van der Waals surface area contributed by atoms with Gasteiger partial charge >= 0.3 is 26.2 Å². The predicted octanol–water partition coefficient (Wildman–Crippen LogP) is -1.67. The molecule has 3 aromatic carbocycles. The molecule has 3 aromatic rings. The van der Waals surface area contributed by atoms with Crippen LogP contribution in [0.2, 0.25) is 0 Å². The molecule has 0 amide bonds. The molecule has 0 saturated carbocycles. The van der Waals surface area contributed by atoms with Crippen molar-refractivity contribution in [2.24, 2.45) is 0 Å². The first-order valence-corrected chi connectivity index (χ1v) is 5.30. The van der Waals surface area contributed by atoms with Gasteiger partial charge in [-0.15, -0.1) is 39.7 Å². The van der Waals surface area contributed by atoms with Gasteiger partial charge in [-0.25, -0.2) is 0 Å². The summed E-state index contributed by atoms with van der Waals surface area (Å²) in [6, 6.07) is 15.6. The van der Waals surface area contributed by atoms with Gasteiger partial charge in [-0.1, -0.05) is 35.4 Å². The first-order chi connectivity index (χ1) is 7.24. The van der Waals surface area contributed by atoms with Crippen molar-refractivity contribution in [3.63, 3.8) is 0 Å². The summed E-state index contributed by atoms with van der Waals surface area (Å²) < 4.78 is 0. The third-order valence-electron chi connectivity index (χ3n) is 3.02. The van der Waals surface area contributed by atoms with Crippen LogP contribution in [0.3, 0.4) is 0 Å². The molecule has 0 aliphatic rings. The maximum Gasteiger partial charge on any atom is 3.00 e. The quantitative estimate of drug-likeness (QED) is 0.424. The minimum absolute atomic E-state index is 0. The minimum atomic E-state index is 0. The number of hydrogen-bond donors (Lipinski definition) is 0. The Morgan fingerprint density at radius 3 is 1.50 bits per heavy atom. The zero-order valence-corrected chi connectivity index (χ0v) is 14.3. The molecule has 3 rings (SSSR count). The Bertz CT molecular complexity index is 600. The Balaban J connectivity index is 0.000000963. The van der Waals surface area contributed by atoms with Crippen LogP contribution in [0.5, 0.6) is 0 Å². The molecule has 91 valence electrons. The maximum absolute atomic E-state index is 2.28. The Hall–Kier alpha value is -0.227. The van der Waals surface area contributed by atoms with Crippen molar-refractivity contribution in [3.8, 4) is 0 Å². The fraction of sp³-hybridized carbons (Fsp3) is 0.133. The molecule has 0 bridgehead atoms. The van der Waals surface area contributed by atoms with Crippen molar-refractivity contribution in [2.75, 3.05) is 0 Å². The van der Waals surface area contributed by atoms with E-state index in [1.807, 2.05) is 0 Å². The normalized spacial score (nSPS) is 9.44. The molecule has 0 unspecified atom stereocenters. The molecule has 0 spiro atoms. The second-order valence-corrected chi connectivity index (χ2v) is 4.33. The first-order valence-electron chi connectivity index (χ1n) is 5.30. The molecule has 0 aromatic heterocycles. The SMILES string of the molecule is Cc1ccc2c(c1)[cH-]c1cc(C)ccc12.[Cl-].[Cl-].[Zr+3]. The molecule has 0 aliphatic heterocycles. The van der Waals surface area contributed by atoms with Gasteiger partial charge in [0.1, 0.15) is 0 Å². The standard InChI is InChI=1S/C15H13.2ClH.Zr/c1-10-3-5-14-12(7-10)9-13-8-11(2)4-6-15(13)14;;;/h3-9H,1-2H3;2*1H;/q-1;;;+3/p-2. The Kier molecular flexibility index (Phi) is 6.71. The van der Waals surface area contributed by atoms with E-state index in [9.17, 15) is 0 Å². The predicted molar refractivity (Wildman–Crippen MR) is 66.5 cm³/mol.